The van der Waals surface area contributed by atoms with E-state index in [0.717, 1.165) is 29.2 Å². The summed E-state index contributed by atoms with van der Waals surface area (Å²) >= 11 is 0. The Balaban J connectivity index is 2.20. The highest BCUT2D eigenvalue weighted by atomic mass is 16.5. The van der Waals surface area contributed by atoms with E-state index in [1.807, 2.05) is 43.6 Å². The van der Waals surface area contributed by atoms with Crippen LogP contribution in [-0.4, -0.2) is 19.1 Å². The molecule has 18 heavy (non-hydrogen) atoms. The summed E-state index contributed by atoms with van der Waals surface area (Å²) < 4.78 is 5.22. The van der Waals surface area contributed by atoms with Crippen LogP contribution in [0.5, 0.6) is 5.75 Å². The van der Waals surface area contributed by atoms with Crippen molar-refractivity contribution in [1.29, 1.82) is 0 Å². The number of aromatic nitrogens is 1. The van der Waals surface area contributed by atoms with Crippen LogP contribution in [-0.2, 0) is 6.54 Å². The summed E-state index contributed by atoms with van der Waals surface area (Å²) in [6.45, 7) is 0.755. The van der Waals surface area contributed by atoms with Gasteiger partial charge in [-0.15, -0.1) is 0 Å². The smallest absolute Gasteiger partial charge is 0.121 e. The third-order valence-electron chi connectivity index (χ3n) is 2.79. The van der Waals surface area contributed by atoms with Crippen molar-refractivity contribution >= 4 is 11.4 Å². The van der Waals surface area contributed by atoms with Gasteiger partial charge in [0.1, 0.15) is 5.75 Å². The van der Waals surface area contributed by atoms with E-state index in [1.165, 1.54) is 0 Å². The Morgan fingerprint density at radius 3 is 2.83 bits per heavy atom. The van der Waals surface area contributed by atoms with E-state index in [-0.39, 0.29) is 0 Å². The zero-order valence-corrected chi connectivity index (χ0v) is 10.6. The number of nitrogen functional groups attached to an aromatic ring is 1. The van der Waals surface area contributed by atoms with Gasteiger partial charge in [-0.1, -0.05) is 6.07 Å². The molecule has 0 spiro atoms. The van der Waals surface area contributed by atoms with Gasteiger partial charge in [0.15, 0.2) is 0 Å². The van der Waals surface area contributed by atoms with E-state index in [2.05, 4.69) is 9.88 Å². The maximum atomic E-state index is 5.99. The Kier molecular flexibility index (Phi) is 3.67. The van der Waals surface area contributed by atoms with E-state index in [9.17, 15) is 0 Å². The van der Waals surface area contributed by atoms with Crippen molar-refractivity contribution < 1.29 is 4.74 Å². The fourth-order valence-electron chi connectivity index (χ4n) is 1.83. The topological polar surface area (TPSA) is 51.4 Å². The van der Waals surface area contributed by atoms with Crippen molar-refractivity contribution in [2.45, 2.75) is 6.54 Å². The van der Waals surface area contributed by atoms with Crippen LogP contribution >= 0.6 is 0 Å². The first-order valence-corrected chi connectivity index (χ1v) is 5.74. The molecule has 0 aliphatic heterocycles. The van der Waals surface area contributed by atoms with Crippen LogP contribution in [0.1, 0.15) is 5.56 Å². The molecule has 0 amide bonds. The molecule has 2 aromatic rings. The predicted molar refractivity (Wildman–Crippen MR) is 73.8 cm³/mol. The van der Waals surface area contributed by atoms with Crippen LogP contribution in [0.3, 0.4) is 0 Å². The van der Waals surface area contributed by atoms with Crippen LogP contribution < -0.4 is 15.4 Å². The van der Waals surface area contributed by atoms with Crippen LogP contribution in [0.15, 0.2) is 42.7 Å². The Hall–Kier alpha value is -2.23. The van der Waals surface area contributed by atoms with Crippen molar-refractivity contribution in [2.75, 3.05) is 24.8 Å². The van der Waals surface area contributed by atoms with E-state index in [0.29, 0.717) is 0 Å². The zero-order valence-electron chi connectivity index (χ0n) is 10.6. The fourth-order valence-corrected chi connectivity index (χ4v) is 1.83. The largest absolute Gasteiger partial charge is 0.497 e. The van der Waals surface area contributed by atoms with Gasteiger partial charge in [-0.2, -0.15) is 0 Å². The second-order valence-electron chi connectivity index (χ2n) is 4.14. The second-order valence-corrected chi connectivity index (χ2v) is 4.14. The molecule has 0 saturated carbocycles. The molecule has 1 aromatic carbocycles. The highest BCUT2D eigenvalue weighted by Gasteiger charge is 2.07. The summed E-state index contributed by atoms with van der Waals surface area (Å²) in [5.74, 6) is 0.803. The molecular formula is C14H17N3O. The van der Waals surface area contributed by atoms with E-state index >= 15 is 0 Å². The third kappa shape index (κ3) is 2.71. The van der Waals surface area contributed by atoms with Gasteiger partial charge in [0.2, 0.25) is 0 Å². The molecule has 2 N–H and O–H groups in total. The van der Waals surface area contributed by atoms with E-state index in [1.54, 1.807) is 13.3 Å². The summed E-state index contributed by atoms with van der Waals surface area (Å²) in [7, 11) is 3.65. The van der Waals surface area contributed by atoms with Gasteiger partial charge < -0.3 is 15.4 Å². The van der Waals surface area contributed by atoms with Crippen LogP contribution in [0.2, 0.25) is 0 Å². The molecule has 0 radical (unpaired) electrons. The normalized spacial score (nSPS) is 10.1. The number of hydrogen-bond donors (Lipinski definition) is 1. The van der Waals surface area contributed by atoms with Crippen LogP contribution in [0, 0.1) is 0 Å². The van der Waals surface area contributed by atoms with Gasteiger partial charge >= 0.3 is 0 Å². The lowest BCUT2D eigenvalue weighted by atomic mass is 10.2. The number of nitrogens with zero attached hydrogens (tertiary/aromatic N) is 2. The molecule has 0 unspecified atom stereocenters. The van der Waals surface area contributed by atoms with Crippen molar-refractivity contribution in [3.8, 4) is 5.75 Å². The Labute approximate surface area is 107 Å². The third-order valence-corrected chi connectivity index (χ3v) is 2.79. The van der Waals surface area contributed by atoms with Crippen molar-refractivity contribution in [1.82, 2.24) is 4.98 Å². The lowest BCUT2D eigenvalue weighted by Crippen LogP contribution is -2.17. The molecule has 0 fully saturated rings. The number of benzene rings is 1. The average Bonchev–Trinajstić information content (AvgIpc) is 2.40. The number of anilines is 2. The molecule has 0 atom stereocenters. The van der Waals surface area contributed by atoms with E-state index < -0.39 is 0 Å². The molecule has 1 heterocycles. The quantitative estimate of drug-likeness (QED) is 0.837. The molecule has 94 valence electrons. The molecule has 1 aromatic heterocycles. The number of hydrogen-bond acceptors (Lipinski definition) is 4. The zero-order chi connectivity index (χ0) is 13.0. The first-order valence-electron chi connectivity index (χ1n) is 5.74. The van der Waals surface area contributed by atoms with Crippen molar-refractivity contribution in [3.05, 3.63) is 48.3 Å². The summed E-state index contributed by atoms with van der Waals surface area (Å²) in [4.78, 5) is 6.18. The van der Waals surface area contributed by atoms with Crippen LogP contribution in [0.25, 0.3) is 0 Å². The summed E-state index contributed by atoms with van der Waals surface area (Å²) in [6, 6.07) is 9.62. The number of rotatable bonds is 4. The van der Waals surface area contributed by atoms with E-state index in [4.69, 9.17) is 10.5 Å². The molecule has 0 saturated heterocycles. The molecular weight excluding hydrogens is 226 g/mol. The molecule has 0 bridgehead atoms. The van der Waals surface area contributed by atoms with Gasteiger partial charge in [0, 0.05) is 32.1 Å². The highest BCUT2D eigenvalue weighted by molar-refractivity contribution is 5.69. The van der Waals surface area contributed by atoms with Crippen molar-refractivity contribution in [3.63, 3.8) is 0 Å². The van der Waals surface area contributed by atoms with Gasteiger partial charge in [0.25, 0.3) is 0 Å². The lowest BCUT2D eigenvalue weighted by molar-refractivity contribution is 0.415. The Morgan fingerprint density at radius 1 is 1.33 bits per heavy atom. The molecule has 0 aliphatic rings. The summed E-state index contributed by atoms with van der Waals surface area (Å²) in [5.41, 5.74) is 8.82. The first kappa shape index (κ1) is 12.2. The second kappa shape index (κ2) is 5.40. The lowest BCUT2D eigenvalue weighted by Gasteiger charge is -2.21. The number of ether oxygens (including phenoxy) is 1. The highest BCUT2D eigenvalue weighted by Crippen LogP contribution is 2.28. The van der Waals surface area contributed by atoms with Gasteiger partial charge in [-0.25, -0.2) is 0 Å². The molecule has 4 heteroatoms. The monoisotopic (exact) mass is 243 g/mol. The molecule has 4 nitrogen and oxygen atoms in total. The first-order chi connectivity index (χ1) is 8.70. The molecule has 2 rings (SSSR count). The number of pyridine rings is 1. The van der Waals surface area contributed by atoms with Gasteiger partial charge in [-0.05, 0) is 23.8 Å². The predicted octanol–water partition coefficient (Wildman–Crippen LogP) is 2.31. The minimum Gasteiger partial charge on any atom is -0.497 e. The minimum atomic E-state index is 0.738. The maximum Gasteiger partial charge on any atom is 0.121 e. The Morgan fingerprint density at radius 2 is 2.17 bits per heavy atom. The van der Waals surface area contributed by atoms with Crippen LogP contribution in [0.4, 0.5) is 11.4 Å². The van der Waals surface area contributed by atoms with Crippen molar-refractivity contribution in [2.24, 2.45) is 0 Å². The average molecular weight is 243 g/mol. The summed E-state index contributed by atoms with van der Waals surface area (Å²) in [6.07, 6.45) is 3.62. The Bertz CT molecular complexity index is 514. The minimum absolute atomic E-state index is 0.738. The fraction of sp³-hybridized carbons (Fsp3) is 0.214. The van der Waals surface area contributed by atoms with Gasteiger partial charge in [0.05, 0.1) is 18.5 Å². The maximum absolute atomic E-state index is 5.99. The van der Waals surface area contributed by atoms with Gasteiger partial charge in [-0.3, -0.25) is 4.98 Å². The number of methoxy groups -OCH3 is 1. The number of nitrogens with two attached hydrogens (primary N) is 1. The molecule has 0 aliphatic carbocycles. The summed E-state index contributed by atoms with van der Waals surface area (Å²) in [5, 5.41) is 0. The SMILES string of the molecule is COc1ccc(N)c(N(C)Cc2cccnc2)c1. The standard InChI is InChI=1S/C14H17N3O/c1-17(10-11-4-3-7-16-9-11)14-8-12(18-2)5-6-13(14)15/h3-9H,10,15H2,1-2H3.